The number of benzene rings is 1. The topological polar surface area (TPSA) is 76.7 Å². The molecular formula is C14H15F3N2O4. The summed E-state index contributed by atoms with van der Waals surface area (Å²) in [5, 5.41) is 4.80. The average Bonchev–Trinajstić information content (AvgIpc) is 3.01. The van der Waals surface area contributed by atoms with Crippen LogP contribution in [0, 0.1) is 0 Å². The lowest BCUT2D eigenvalue weighted by Gasteiger charge is -2.11. The highest BCUT2D eigenvalue weighted by Crippen LogP contribution is 2.18. The summed E-state index contributed by atoms with van der Waals surface area (Å²) in [6, 6.07) is 5.87. The minimum Gasteiger partial charge on any atom is -0.440 e. The summed E-state index contributed by atoms with van der Waals surface area (Å²) in [5.41, 5.74) is 0.729. The molecule has 1 saturated heterocycles. The lowest BCUT2D eigenvalue weighted by atomic mass is 10.2. The van der Waals surface area contributed by atoms with E-state index in [1.807, 2.05) is 0 Å². The molecule has 0 radical (unpaired) electrons. The van der Waals surface area contributed by atoms with Crippen molar-refractivity contribution in [2.45, 2.75) is 25.1 Å². The van der Waals surface area contributed by atoms with Crippen molar-refractivity contribution < 1.29 is 32.2 Å². The van der Waals surface area contributed by atoms with Gasteiger partial charge in [-0.05, 0) is 37.1 Å². The molecule has 1 aromatic rings. The Kier molecular flexibility index (Phi) is 5.43. The molecule has 0 unspecified atom stereocenters. The third-order valence-corrected chi connectivity index (χ3v) is 2.99. The Bertz CT molecular complexity index is 554. The van der Waals surface area contributed by atoms with Gasteiger partial charge in [0.2, 0.25) is 0 Å². The number of ether oxygens (including phenoxy) is 2. The number of amides is 2. The van der Waals surface area contributed by atoms with Crippen LogP contribution in [-0.2, 0) is 14.3 Å². The van der Waals surface area contributed by atoms with Crippen LogP contribution in [0.15, 0.2) is 24.3 Å². The van der Waals surface area contributed by atoms with Crippen LogP contribution >= 0.6 is 0 Å². The van der Waals surface area contributed by atoms with Crippen LogP contribution in [0.4, 0.5) is 29.3 Å². The first-order chi connectivity index (χ1) is 10.8. The summed E-state index contributed by atoms with van der Waals surface area (Å²) in [4.78, 5) is 23.0. The highest BCUT2D eigenvalue weighted by atomic mass is 19.4. The van der Waals surface area contributed by atoms with Gasteiger partial charge in [-0.25, -0.2) is 4.79 Å². The molecule has 1 aliphatic rings. The van der Waals surface area contributed by atoms with Crippen LogP contribution in [0.1, 0.15) is 12.8 Å². The lowest BCUT2D eigenvalue weighted by molar-refractivity contribution is -0.159. The first-order valence-corrected chi connectivity index (χ1v) is 6.86. The zero-order valence-electron chi connectivity index (χ0n) is 12.0. The smallest absolute Gasteiger partial charge is 0.422 e. The molecule has 1 heterocycles. The number of nitrogens with one attached hydrogen (secondary N) is 2. The summed E-state index contributed by atoms with van der Waals surface area (Å²) >= 11 is 0. The van der Waals surface area contributed by atoms with E-state index in [1.165, 1.54) is 24.3 Å². The molecule has 2 N–H and O–H groups in total. The van der Waals surface area contributed by atoms with Crippen molar-refractivity contribution >= 4 is 23.4 Å². The summed E-state index contributed by atoms with van der Waals surface area (Å²) in [7, 11) is 0. The van der Waals surface area contributed by atoms with Crippen LogP contribution in [-0.4, -0.2) is 37.5 Å². The maximum absolute atomic E-state index is 11.9. The Labute approximate surface area is 129 Å². The van der Waals surface area contributed by atoms with Crippen molar-refractivity contribution in [2.24, 2.45) is 0 Å². The molecular weight excluding hydrogens is 317 g/mol. The predicted octanol–water partition coefficient (Wildman–Crippen LogP) is 2.91. The summed E-state index contributed by atoms with van der Waals surface area (Å²) in [5.74, 6) is -0.257. The summed E-state index contributed by atoms with van der Waals surface area (Å²) in [6.07, 6.45) is -4.76. The fourth-order valence-corrected chi connectivity index (χ4v) is 1.95. The number of anilines is 2. The fraction of sp³-hybridized carbons (Fsp3) is 0.429. The summed E-state index contributed by atoms with van der Waals surface area (Å²) in [6.45, 7) is -1.10. The predicted molar refractivity (Wildman–Crippen MR) is 75.1 cm³/mol. The van der Waals surface area contributed by atoms with Crippen molar-refractivity contribution in [1.29, 1.82) is 0 Å². The van der Waals surface area contributed by atoms with Crippen LogP contribution in [0.2, 0.25) is 0 Å². The average molecular weight is 332 g/mol. The minimum atomic E-state index is -4.58. The molecule has 9 heteroatoms. The largest absolute Gasteiger partial charge is 0.440 e. The van der Waals surface area contributed by atoms with Gasteiger partial charge in [0, 0.05) is 18.0 Å². The SMILES string of the molecule is O=C(Nc1ccc(NC(=O)[C@H]2CCCO2)cc1)OCC(F)(F)F. The number of hydrogen-bond donors (Lipinski definition) is 2. The molecule has 0 aromatic heterocycles. The van der Waals surface area contributed by atoms with Gasteiger partial charge in [0.05, 0.1) is 0 Å². The zero-order valence-corrected chi connectivity index (χ0v) is 12.0. The maximum atomic E-state index is 11.9. The van der Waals surface area contributed by atoms with Gasteiger partial charge in [-0.15, -0.1) is 0 Å². The van der Waals surface area contributed by atoms with Crippen molar-refractivity contribution in [1.82, 2.24) is 0 Å². The molecule has 126 valence electrons. The molecule has 0 bridgehead atoms. The fourth-order valence-electron chi connectivity index (χ4n) is 1.95. The Morgan fingerprint density at radius 2 is 1.78 bits per heavy atom. The van der Waals surface area contributed by atoms with E-state index in [4.69, 9.17) is 4.74 Å². The van der Waals surface area contributed by atoms with Crippen molar-refractivity contribution in [3.63, 3.8) is 0 Å². The van der Waals surface area contributed by atoms with E-state index < -0.39 is 25.0 Å². The first kappa shape index (κ1) is 17.1. The van der Waals surface area contributed by atoms with Gasteiger partial charge < -0.3 is 14.8 Å². The molecule has 1 aliphatic heterocycles. The van der Waals surface area contributed by atoms with Crippen molar-refractivity contribution in [3.8, 4) is 0 Å². The molecule has 1 atom stereocenters. The molecule has 0 saturated carbocycles. The van der Waals surface area contributed by atoms with E-state index in [0.29, 0.717) is 18.7 Å². The van der Waals surface area contributed by atoms with Crippen molar-refractivity contribution in [3.05, 3.63) is 24.3 Å². The second kappa shape index (κ2) is 7.32. The van der Waals surface area contributed by atoms with Crippen LogP contribution in [0.25, 0.3) is 0 Å². The number of carbonyl (C=O) groups excluding carboxylic acids is 2. The van der Waals surface area contributed by atoms with Crippen LogP contribution in [0.5, 0.6) is 0 Å². The van der Waals surface area contributed by atoms with E-state index in [-0.39, 0.29) is 11.6 Å². The minimum absolute atomic E-state index is 0.243. The number of carbonyl (C=O) groups is 2. The van der Waals surface area contributed by atoms with E-state index in [1.54, 1.807) is 0 Å². The number of halogens is 3. The molecule has 1 fully saturated rings. The number of alkyl halides is 3. The van der Waals surface area contributed by atoms with E-state index in [9.17, 15) is 22.8 Å². The Morgan fingerprint density at radius 1 is 1.17 bits per heavy atom. The van der Waals surface area contributed by atoms with E-state index in [0.717, 1.165) is 6.42 Å². The molecule has 6 nitrogen and oxygen atoms in total. The monoisotopic (exact) mass is 332 g/mol. The third-order valence-electron chi connectivity index (χ3n) is 2.99. The Balaban J connectivity index is 1.82. The summed E-state index contributed by atoms with van der Waals surface area (Å²) < 4.78 is 45.0. The zero-order chi connectivity index (χ0) is 16.9. The van der Waals surface area contributed by atoms with Crippen LogP contribution < -0.4 is 10.6 Å². The molecule has 0 spiro atoms. The highest BCUT2D eigenvalue weighted by molar-refractivity contribution is 5.94. The first-order valence-electron chi connectivity index (χ1n) is 6.86. The van der Waals surface area contributed by atoms with E-state index in [2.05, 4.69) is 15.4 Å². The Hall–Kier alpha value is -2.29. The molecule has 2 rings (SSSR count). The third kappa shape index (κ3) is 5.78. The van der Waals surface area contributed by atoms with Crippen molar-refractivity contribution in [2.75, 3.05) is 23.8 Å². The highest BCUT2D eigenvalue weighted by Gasteiger charge is 2.29. The van der Waals surface area contributed by atoms with E-state index >= 15 is 0 Å². The standard InChI is InChI=1S/C14H15F3N2O4/c15-14(16,17)8-23-13(21)19-10-5-3-9(4-6-10)18-12(20)11-2-1-7-22-11/h3-6,11H,1-2,7-8H2,(H,18,20)(H,19,21)/t11-/m1/s1. The van der Waals surface area contributed by atoms with Gasteiger partial charge in [-0.1, -0.05) is 0 Å². The molecule has 2 amide bonds. The van der Waals surface area contributed by atoms with Gasteiger partial charge >= 0.3 is 12.3 Å². The van der Waals surface area contributed by atoms with Gasteiger partial charge in [-0.3, -0.25) is 10.1 Å². The lowest BCUT2D eigenvalue weighted by Crippen LogP contribution is -2.26. The molecule has 23 heavy (non-hydrogen) atoms. The van der Waals surface area contributed by atoms with Crippen LogP contribution in [0.3, 0.4) is 0 Å². The normalized spacial score (nSPS) is 17.6. The Morgan fingerprint density at radius 3 is 2.30 bits per heavy atom. The molecule has 1 aromatic carbocycles. The second-order valence-electron chi connectivity index (χ2n) is 4.88. The maximum Gasteiger partial charge on any atom is 0.422 e. The number of hydrogen-bond acceptors (Lipinski definition) is 4. The van der Waals surface area contributed by atoms with Gasteiger partial charge in [-0.2, -0.15) is 13.2 Å². The quantitative estimate of drug-likeness (QED) is 0.889. The van der Waals surface area contributed by atoms with Gasteiger partial charge in [0.15, 0.2) is 6.61 Å². The van der Waals surface area contributed by atoms with Gasteiger partial charge in [0.1, 0.15) is 6.10 Å². The molecule has 0 aliphatic carbocycles. The number of rotatable bonds is 4. The van der Waals surface area contributed by atoms with Gasteiger partial charge in [0.25, 0.3) is 5.91 Å². The second-order valence-corrected chi connectivity index (χ2v) is 4.88.